The van der Waals surface area contributed by atoms with Crippen LogP contribution in [0.25, 0.3) is 0 Å². The molecule has 4 heterocycles. The van der Waals surface area contributed by atoms with Crippen molar-refractivity contribution in [3.05, 3.63) is 36.5 Å². The third kappa shape index (κ3) is 5.15. The highest BCUT2D eigenvalue weighted by atomic mass is 19.4. The zero-order chi connectivity index (χ0) is 24.6. The molecule has 2 aliphatic heterocycles. The van der Waals surface area contributed by atoms with E-state index in [4.69, 9.17) is 4.74 Å². The van der Waals surface area contributed by atoms with Gasteiger partial charge in [0.15, 0.2) is 12.7 Å². The van der Waals surface area contributed by atoms with Gasteiger partial charge < -0.3 is 19.3 Å². The van der Waals surface area contributed by atoms with E-state index in [9.17, 15) is 22.8 Å². The maximum Gasteiger partial charge on any atom is 0.422 e. The number of likely N-dealkylation sites (tertiary alicyclic amines) is 1. The van der Waals surface area contributed by atoms with E-state index in [1.807, 2.05) is 4.90 Å². The summed E-state index contributed by atoms with van der Waals surface area (Å²) in [5, 5.41) is 0. The number of carbonyl (C=O) groups excluding carboxylic acids is 2. The van der Waals surface area contributed by atoms with Gasteiger partial charge in [-0.15, -0.1) is 0 Å². The first kappa shape index (κ1) is 23.3. The molecule has 0 N–H and O–H groups in total. The molecular weight excluding hydrogens is 467 g/mol. The van der Waals surface area contributed by atoms with Crippen molar-refractivity contribution in [1.82, 2.24) is 19.9 Å². The molecule has 3 aliphatic rings. The Hall–Kier alpha value is -3.44. The number of ether oxygens (including phenoxy) is 2. The number of pyridine rings is 1. The fourth-order valence-electron chi connectivity index (χ4n) is 4.65. The van der Waals surface area contributed by atoms with Crippen molar-refractivity contribution in [3.63, 3.8) is 0 Å². The maximum absolute atomic E-state index is 12.8. The molecule has 12 heteroatoms. The predicted octanol–water partition coefficient (Wildman–Crippen LogP) is 2.87. The normalized spacial score (nSPS) is 24.6. The lowest BCUT2D eigenvalue weighted by Gasteiger charge is -2.40. The highest BCUT2D eigenvalue weighted by Crippen LogP contribution is 2.40. The largest absolute Gasteiger partial charge is 0.479 e. The predicted molar refractivity (Wildman–Crippen MR) is 116 cm³/mol. The molecule has 1 atom stereocenters. The summed E-state index contributed by atoms with van der Waals surface area (Å²) in [6, 6.07) is 2.94. The number of rotatable bonds is 7. The van der Waals surface area contributed by atoms with Crippen LogP contribution in [0.2, 0.25) is 0 Å². The van der Waals surface area contributed by atoms with E-state index < -0.39 is 18.9 Å². The molecule has 0 radical (unpaired) electrons. The van der Waals surface area contributed by atoms with Gasteiger partial charge in [-0.2, -0.15) is 13.2 Å². The number of hydrogen-bond acceptors (Lipinski definition) is 7. The smallest absolute Gasteiger partial charge is 0.422 e. The average Bonchev–Trinajstić information content (AvgIpc) is 3.38. The van der Waals surface area contributed by atoms with Gasteiger partial charge in [0.05, 0.1) is 24.3 Å². The van der Waals surface area contributed by atoms with Crippen LogP contribution in [0.4, 0.5) is 18.9 Å². The minimum absolute atomic E-state index is 0.184. The van der Waals surface area contributed by atoms with E-state index in [0.29, 0.717) is 25.1 Å². The van der Waals surface area contributed by atoms with E-state index in [0.717, 1.165) is 31.6 Å². The number of anilines is 1. The minimum atomic E-state index is -4.45. The quantitative estimate of drug-likeness (QED) is 0.588. The molecule has 3 fully saturated rings. The van der Waals surface area contributed by atoms with Crippen LogP contribution in [0, 0.1) is 0 Å². The van der Waals surface area contributed by atoms with Gasteiger partial charge in [0, 0.05) is 44.0 Å². The van der Waals surface area contributed by atoms with Gasteiger partial charge in [-0.25, -0.2) is 15.0 Å². The number of carbonyl (C=O) groups is 2. The molecule has 2 amide bonds. The molecule has 2 aromatic rings. The second-order valence-corrected chi connectivity index (χ2v) is 8.93. The summed E-state index contributed by atoms with van der Waals surface area (Å²) in [7, 11) is 0. The molecule has 0 unspecified atom stereocenters. The summed E-state index contributed by atoms with van der Waals surface area (Å²) < 4.78 is 47.0. The molecule has 5 rings (SSSR count). The van der Waals surface area contributed by atoms with Crippen molar-refractivity contribution in [2.75, 3.05) is 24.6 Å². The van der Waals surface area contributed by atoms with Gasteiger partial charge in [-0.3, -0.25) is 9.59 Å². The van der Waals surface area contributed by atoms with Crippen LogP contribution in [0.1, 0.15) is 43.8 Å². The monoisotopic (exact) mass is 491 g/mol. The topological polar surface area (TPSA) is 97.8 Å². The van der Waals surface area contributed by atoms with E-state index in [1.54, 1.807) is 17.3 Å². The molecule has 35 heavy (non-hydrogen) atoms. The summed E-state index contributed by atoms with van der Waals surface area (Å²) in [5.74, 6) is 0.979. The zero-order valence-corrected chi connectivity index (χ0v) is 18.8. The van der Waals surface area contributed by atoms with Crippen molar-refractivity contribution < 1.29 is 32.2 Å². The van der Waals surface area contributed by atoms with Gasteiger partial charge in [0.25, 0.3) is 5.91 Å². The second-order valence-electron chi connectivity index (χ2n) is 8.93. The number of hydrogen-bond donors (Lipinski definition) is 0. The molecule has 2 aromatic heterocycles. The van der Waals surface area contributed by atoms with Crippen LogP contribution in [0.15, 0.2) is 30.7 Å². The molecule has 1 saturated carbocycles. The average molecular weight is 491 g/mol. The van der Waals surface area contributed by atoms with Crippen molar-refractivity contribution in [3.8, 4) is 11.6 Å². The van der Waals surface area contributed by atoms with Crippen molar-refractivity contribution in [1.29, 1.82) is 0 Å². The number of aromatic nitrogens is 3. The van der Waals surface area contributed by atoms with E-state index in [2.05, 4.69) is 19.7 Å². The van der Waals surface area contributed by atoms with E-state index in [1.165, 1.54) is 18.3 Å². The molecule has 1 aliphatic carbocycles. The molecule has 0 spiro atoms. The Morgan fingerprint density at radius 3 is 2.43 bits per heavy atom. The summed E-state index contributed by atoms with van der Waals surface area (Å²) >= 11 is 0. The third-order valence-corrected chi connectivity index (χ3v) is 6.53. The van der Waals surface area contributed by atoms with Crippen LogP contribution in [0.3, 0.4) is 0 Å². The van der Waals surface area contributed by atoms with E-state index in [-0.39, 0.29) is 35.4 Å². The van der Waals surface area contributed by atoms with Gasteiger partial charge in [-0.05, 0) is 25.3 Å². The summed E-state index contributed by atoms with van der Waals surface area (Å²) in [6.07, 6.45) is 3.00. The molecule has 0 bridgehead atoms. The number of amides is 2. The summed E-state index contributed by atoms with van der Waals surface area (Å²) in [4.78, 5) is 40.9. The van der Waals surface area contributed by atoms with Gasteiger partial charge in [0.2, 0.25) is 11.8 Å². The fraction of sp³-hybridized carbons (Fsp3) is 0.522. The number of nitrogens with zero attached hydrogens (tertiary/aromatic N) is 5. The summed E-state index contributed by atoms with van der Waals surface area (Å²) in [6.45, 7) is -0.173. The van der Waals surface area contributed by atoms with Gasteiger partial charge in [0.1, 0.15) is 11.6 Å². The van der Waals surface area contributed by atoms with Crippen LogP contribution >= 0.6 is 0 Å². The third-order valence-electron chi connectivity index (χ3n) is 6.53. The Morgan fingerprint density at radius 2 is 1.80 bits per heavy atom. The van der Waals surface area contributed by atoms with Crippen LogP contribution in [-0.2, 0) is 9.59 Å². The minimum Gasteiger partial charge on any atom is -0.479 e. The molecule has 9 nitrogen and oxygen atoms in total. The molecule has 2 saturated heterocycles. The Labute approximate surface area is 199 Å². The molecule has 186 valence electrons. The Bertz CT molecular complexity index is 1070. The van der Waals surface area contributed by atoms with Crippen LogP contribution < -0.4 is 14.4 Å². The maximum atomic E-state index is 12.8. The first-order valence-electron chi connectivity index (χ1n) is 11.5. The lowest BCUT2D eigenvalue weighted by atomic mass is 9.78. The zero-order valence-electron chi connectivity index (χ0n) is 18.8. The van der Waals surface area contributed by atoms with E-state index >= 15 is 0 Å². The highest BCUT2D eigenvalue weighted by Gasteiger charge is 2.40. The fourth-order valence-corrected chi connectivity index (χ4v) is 4.65. The number of alkyl halides is 3. The molecule has 0 aromatic carbocycles. The Balaban J connectivity index is 1.13. The second kappa shape index (κ2) is 9.31. The van der Waals surface area contributed by atoms with Gasteiger partial charge >= 0.3 is 6.18 Å². The standard InChI is InChI=1S/C23H24F3N5O4/c24-23(25,26)13-34-19-4-3-17(12-27-19)35-18-5-7-31(22(18)33)16-10-28-21(29-11-16)14-8-15(9-14)30-6-1-2-20(30)32/h3-4,10-12,14-15,18H,1-2,5-9,13H2/t14?,15?,18-/m1/s1. The first-order valence-corrected chi connectivity index (χ1v) is 11.5. The highest BCUT2D eigenvalue weighted by molar-refractivity contribution is 5.98. The van der Waals surface area contributed by atoms with Crippen molar-refractivity contribution >= 4 is 17.5 Å². The lowest BCUT2D eigenvalue weighted by Crippen LogP contribution is -2.44. The summed E-state index contributed by atoms with van der Waals surface area (Å²) in [5.41, 5.74) is 0.574. The van der Waals surface area contributed by atoms with Crippen molar-refractivity contribution in [2.45, 2.75) is 56.3 Å². The molecular formula is C23H24F3N5O4. The first-order chi connectivity index (χ1) is 16.8. The SMILES string of the molecule is O=C1[C@H](Oc2ccc(OCC(F)(F)F)nc2)CCN1c1cnc(C2CC(N3CCCC3=O)C2)nc1. The van der Waals surface area contributed by atoms with Gasteiger partial charge in [-0.1, -0.05) is 0 Å². The van der Waals surface area contributed by atoms with Crippen LogP contribution in [-0.4, -0.2) is 69.7 Å². The Kier molecular flexibility index (Phi) is 6.20. The Morgan fingerprint density at radius 1 is 1.03 bits per heavy atom. The van der Waals surface area contributed by atoms with Crippen LogP contribution in [0.5, 0.6) is 11.6 Å². The number of halogens is 3. The lowest BCUT2D eigenvalue weighted by molar-refractivity contribution is -0.154. The van der Waals surface area contributed by atoms with Crippen molar-refractivity contribution in [2.24, 2.45) is 0 Å².